The van der Waals surface area contributed by atoms with Crippen molar-refractivity contribution in [3.05, 3.63) is 102 Å². The van der Waals surface area contributed by atoms with Crippen molar-refractivity contribution < 1.29 is 23.0 Å². The molecule has 0 heterocycles. The van der Waals surface area contributed by atoms with Crippen molar-refractivity contribution >= 4 is 6.08 Å². The van der Waals surface area contributed by atoms with E-state index >= 15 is 0 Å². The van der Waals surface area contributed by atoms with Crippen molar-refractivity contribution in [3.63, 3.8) is 0 Å². The van der Waals surface area contributed by atoms with Crippen LogP contribution in [0.25, 0.3) is 17.2 Å². The van der Waals surface area contributed by atoms with Crippen molar-refractivity contribution in [2.24, 2.45) is 0 Å². The standard InChI is InChI=1S/C28H29F3O2/c1-4-33-19(3)17-26(29)18(2)5-6-20-7-9-21(10-8-20)24-15-16-25(28(31)27(24)30)22-11-13-23(32)14-12-22/h5-10,15-17,22-23,32H,2-4,11-14H2,1H3/b6-5+,26-17+. The molecule has 1 fully saturated rings. The smallest absolute Gasteiger partial charge is 0.166 e. The van der Waals surface area contributed by atoms with Crippen LogP contribution in [0.15, 0.2) is 78.9 Å². The lowest BCUT2D eigenvalue weighted by Crippen LogP contribution is -2.18. The molecule has 1 saturated carbocycles. The van der Waals surface area contributed by atoms with Crippen molar-refractivity contribution in [2.75, 3.05) is 6.61 Å². The van der Waals surface area contributed by atoms with Gasteiger partial charge in [-0.25, -0.2) is 13.2 Å². The summed E-state index contributed by atoms with van der Waals surface area (Å²) in [7, 11) is 0. The third-order valence-corrected chi connectivity index (χ3v) is 5.87. The molecule has 1 aliphatic carbocycles. The van der Waals surface area contributed by atoms with E-state index in [1.54, 1.807) is 49.4 Å². The van der Waals surface area contributed by atoms with Gasteiger partial charge in [0, 0.05) is 17.2 Å². The fourth-order valence-corrected chi connectivity index (χ4v) is 4.00. The zero-order valence-corrected chi connectivity index (χ0v) is 18.8. The van der Waals surface area contributed by atoms with Crippen LogP contribution >= 0.6 is 0 Å². The molecular weight excluding hydrogens is 425 g/mol. The second-order valence-corrected chi connectivity index (χ2v) is 8.21. The van der Waals surface area contributed by atoms with Gasteiger partial charge in [0.05, 0.1) is 12.7 Å². The van der Waals surface area contributed by atoms with Gasteiger partial charge in [-0.05, 0) is 55.2 Å². The molecule has 33 heavy (non-hydrogen) atoms. The number of hydrogen-bond acceptors (Lipinski definition) is 2. The largest absolute Gasteiger partial charge is 0.494 e. The SMILES string of the molecule is C=C(/C=C(/F)C(=C)/C=C/c1ccc(-c2ccc(C3CCC(O)CC3)c(F)c2F)cc1)OCC. The summed E-state index contributed by atoms with van der Waals surface area (Å²) in [5.74, 6) is -2.08. The summed E-state index contributed by atoms with van der Waals surface area (Å²) in [4.78, 5) is 0. The molecule has 2 aromatic carbocycles. The Kier molecular flexibility index (Phi) is 8.34. The molecule has 0 spiro atoms. The number of rotatable bonds is 8. The zero-order valence-electron chi connectivity index (χ0n) is 18.8. The van der Waals surface area contributed by atoms with Gasteiger partial charge in [-0.2, -0.15) is 0 Å². The van der Waals surface area contributed by atoms with E-state index in [0.29, 0.717) is 43.4 Å². The van der Waals surface area contributed by atoms with Gasteiger partial charge < -0.3 is 9.84 Å². The van der Waals surface area contributed by atoms with Gasteiger partial charge in [0.2, 0.25) is 0 Å². The Bertz CT molecular complexity index is 1060. The molecule has 1 aliphatic rings. The topological polar surface area (TPSA) is 29.5 Å². The number of halogens is 3. The van der Waals surface area contributed by atoms with E-state index in [-0.39, 0.29) is 28.9 Å². The summed E-state index contributed by atoms with van der Waals surface area (Å²) in [5.41, 5.74) is 2.04. The molecule has 0 radical (unpaired) electrons. The van der Waals surface area contributed by atoms with Gasteiger partial charge in [0.15, 0.2) is 11.6 Å². The molecule has 174 valence electrons. The lowest BCUT2D eigenvalue weighted by molar-refractivity contribution is 0.122. The van der Waals surface area contributed by atoms with E-state index in [4.69, 9.17) is 4.74 Å². The zero-order chi connectivity index (χ0) is 24.0. The average Bonchev–Trinajstić information content (AvgIpc) is 2.80. The van der Waals surface area contributed by atoms with Gasteiger partial charge in [-0.1, -0.05) is 61.7 Å². The minimum atomic E-state index is -0.864. The first-order valence-electron chi connectivity index (χ1n) is 11.1. The third kappa shape index (κ3) is 6.26. The Morgan fingerprint density at radius 3 is 2.33 bits per heavy atom. The van der Waals surface area contributed by atoms with Gasteiger partial charge >= 0.3 is 0 Å². The highest BCUT2D eigenvalue weighted by molar-refractivity contribution is 5.67. The van der Waals surface area contributed by atoms with Gasteiger partial charge in [-0.15, -0.1) is 0 Å². The molecule has 1 N–H and O–H groups in total. The van der Waals surface area contributed by atoms with Crippen LogP contribution in [0.5, 0.6) is 0 Å². The Morgan fingerprint density at radius 2 is 1.70 bits per heavy atom. The molecule has 5 heteroatoms. The maximum absolute atomic E-state index is 14.9. The van der Waals surface area contributed by atoms with Crippen molar-refractivity contribution in [1.29, 1.82) is 0 Å². The fraction of sp³-hybridized carbons (Fsp3) is 0.286. The van der Waals surface area contributed by atoms with E-state index in [1.165, 1.54) is 12.2 Å². The first kappa shape index (κ1) is 24.6. The van der Waals surface area contributed by atoms with Crippen LogP contribution < -0.4 is 0 Å². The number of hydrogen-bond donors (Lipinski definition) is 1. The maximum Gasteiger partial charge on any atom is 0.166 e. The van der Waals surface area contributed by atoms with Crippen LogP contribution in [0.4, 0.5) is 13.2 Å². The van der Waals surface area contributed by atoms with Crippen LogP contribution in [-0.2, 0) is 4.74 Å². The lowest BCUT2D eigenvalue weighted by atomic mass is 9.82. The third-order valence-electron chi connectivity index (χ3n) is 5.87. The number of aliphatic hydroxyl groups excluding tert-OH is 1. The molecule has 0 aliphatic heterocycles. The maximum atomic E-state index is 14.9. The Hall–Kier alpha value is -3.05. The normalized spacial score (nSPS) is 19.0. The van der Waals surface area contributed by atoms with Crippen molar-refractivity contribution in [2.45, 2.75) is 44.6 Å². The predicted molar refractivity (Wildman–Crippen MR) is 127 cm³/mol. The fourth-order valence-electron chi connectivity index (χ4n) is 4.00. The molecule has 0 bridgehead atoms. The van der Waals surface area contributed by atoms with Crippen molar-refractivity contribution in [1.82, 2.24) is 0 Å². The van der Waals surface area contributed by atoms with E-state index in [2.05, 4.69) is 13.2 Å². The van der Waals surface area contributed by atoms with Gasteiger partial charge in [0.1, 0.15) is 11.6 Å². The molecular formula is C28H29F3O2. The molecule has 0 saturated heterocycles. The summed E-state index contributed by atoms with van der Waals surface area (Å²) < 4.78 is 48.9. The summed E-state index contributed by atoms with van der Waals surface area (Å²) in [6.45, 7) is 9.47. The number of allylic oxidation sites excluding steroid dienone is 4. The molecule has 0 amide bonds. The number of benzene rings is 2. The summed E-state index contributed by atoms with van der Waals surface area (Å²) in [6, 6.07) is 10.1. The highest BCUT2D eigenvalue weighted by atomic mass is 19.2. The van der Waals surface area contributed by atoms with Crippen molar-refractivity contribution in [3.8, 4) is 11.1 Å². The highest BCUT2D eigenvalue weighted by Gasteiger charge is 2.25. The summed E-state index contributed by atoms with van der Waals surface area (Å²) in [5, 5.41) is 9.66. The summed E-state index contributed by atoms with van der Waals surface area (Å²) >= 11 is 0. The minimum absolute atomic E-state index is 0.0716. The first-order chi connectivity index (χ1) is 15.8. The van der Waals surface area contributed by atoms with E-state index in [0.717, 1.165) is 5.56 Å². The monoisotopic (exact) mass is 454 g/mol. The quantitative estimate of drug-likeness (QED) is 0.328. The van der Waals surface area contributed by atoms with Gasteiger partial charge in [-0.3, -0.25) is 0 Å². The molecule has 2 nitrogen and oxygen atoms in total. The Morgan fingerprint density at radius 1 is 1.03 bits per heavy atom. The second kappa shape index (κ2) is 11.2. The number of aliphatic hydroxyl groups is 1. The van der Waals surface area contributed by atoms with Crippen LogP contribution in [0.2, 0.25) is 0 Å². The molecule has 3 rings (SSSR count). The lowest BCUT2D eigenvalue weighted by Gasteiger charge is -2.26. The predicted octanol–water partition coefficient (Wildman–Crippen LogP) is 7.62. The van der Waals surface area contributed by atoms with Crippen LogP contribution in [0.1, 0.15) is 49.7 Å². The molecule has 0 aromatic heterocycles. The Labute approximate surface area is 193 Å². The summed E-state index contributed by atoms with van der Waals surface area (Å²) in [6.07, 6.45) is 6.55. The molecule has 2 aromatic rings. The molecule has 0 atom stereocenters. The van der Waals surface area contributed by atoms with Crippen LogP contribution in [0, 0.1) is 11.6 Å². The second-order valence-electron chi connectivity index (χ2n) is 8.21. The van der Waals surface area contributed by atoms with Crippen LogP contribution in [0.3, 0.4) is 0 Å². The van der Waals surface area contributed by atoms with Crippen LogP contribution in [-0.4, -0.2) is 17.8 Å². The first-order valence-corrected chi connectivity index (χ1v) is 11.1. The Balaban J connectivity index is 1.72. The van der Waals surface area contributed by atoms with E-state index in [9.17, 15) is 18.3 Å². The van der Waals surface area contributed by atoms with Gasteiger partial charge in [0.25, 0.3) is 0 Å². The minimum Gasteiger partial charge on any atom is -0.494 e. The highest BCUT2D eigenvalue weighted by Crippen LogP contribution is 2.37. The average molecular weight is 455 g/mol. The number of ether oxygens (including phenoxy) is 1. The van der Waals surface area contributed by atoms with E-state index in [1.807, 2.05) is 0 Å². The van der Waals surface area contributed by atoms with E-state index < -0.39 is 17.5 Å². The molecule has 0 unspecified atom stereocenters.